The van der Waals surface area contributed by atoms with Crippen molar-refractivity contribution in [1.29, 1.82) is 5.26 Å². The molecule has 74 valence electrons. The van der Waals surface area contributed by atoms with E-state index in [-0.39, 0.29) is 0 Å². The molecule has 1 heterocycles. The molecule has 0 N–H and O–H groups in total. The van der Waals surface area contributed by atoms with Crippen LogP contribution in [0.5, 0.6) is 0 Å². The van der Waals surface area contributed by atoms with Gasteiger partial charge in [0, 0.05) is 21.5 Å². The van der Waals surface area contributed by atoms with Crippen molar-refractivity contribution in [3.05, 3.63) is 40.6 Å². The third-order valence-electron chi connectivity index (χ3n) is 2.15. The highest BCUT2D eigenvalue weighted by Crippen LogP contribution is 2.26. The largest absolute Gasteiger partial charge is 0.456 e. The molecular weight excluding hydrogens is 254 g/mol. The summed E-state index contributed by atoms with van der Waals surface area (Å²) >= 11 is 3.40. The van der Waals surface area contributed by atoms with Gasteiger partial charge in [-0.05, 0) is 31.2 Å². The molecule has 3 heteroatoms. The molecule has 0 spiro atoms. The Balaban J connectivity index is 2.58. The molecule has 1 aromatic carbocycles. The van der Waals surface area contributed by atoms with Crippen molar-refractivity contribution >= 4 is 32.5 Å². The molecule has 2 nitrogen and oxygen atoms in total. The zero-order chi connectivity index (χ0) is 10.8. The monoisotopic (exact) mass is 261 g/mol. The number of benzene rings is 1. The number of furan rings is 1. The molecule has 0 unspecified atom stereocenters. The normalized spacial score (nSPS) is 11.7. The van der Waals surface area contributed by atoms with E-state index in [9.17, 15) is 0 Å². The quantitative estimate of drug-likeness (QED) is 0.725. The molecule has 0 saturated carbocycles. The number of rotatable bonds is 1. The lowest BCUT2D eigenvalue weighted by Gasteiger charge is -1.90. The highest BCUT2D eigenvalue weighted by Gasteiger charge is 2.05. The fraction of sp³-hybridized carbons (Fsp3) is 0.0833. The zero-order valence-corrected chi connectivity index (χ0v) is 9.71. The number of halogens is 1. The van der Waals surface area contributed by atoms with Crippen LogP contribution in [0.3, 0.4) is 0 Å². The molecule has 0 aliphatic carbocycles. The number of nitrogens with zero attached hydrogens (tertiary/aromatic N) is 1. The van der Waals surface area contributed by atoms with Crippen molar-refractivity contribution in [2.24, 2.45) is 0 Å². The third kappa shape index (κ3) is 1.95. The maximum atomic E-state index is 8.54. The predicted molar refractivity (Wildman–Crippen MR) is 63.2 cm³/mol. The van der Waals surface area contributed by atoms with Gasteiger partial charge in [0.25, 0.3) is 0 Å². The Morgan fingerprint density at radius 2 is 2.27 bits per heavy atom. The van der Waals surface area contributed by atoms with Gasteiger partial charge in [-0.1, -0.05) is 15.9 Å². The average molecular weight is 262 g/mol. The maximum Gasteiger partial charge on any atom is 0.134 e. The first-order valence-corrected chi connectivity index (χ1v) is 5.26. The lowest BCUT2D eigenvalue weighted by atomic mass is 10.2. The number of nitriles is 1. The molecule has 0 radical (unpaired) electrons. The first-order chi connectivity index (χ1) is 7.20. The molecule has 0 aliphatic rings. The molecule has 0 bridgehead atoms. The van der Waals surface area contributed by atoms with E-state index in [0.717, 1.165) is 26.8 Å². The summed E-state index contributed by atoms with van der Waals surface area (Å²) in [4.78, 5) is 0. The summed E-state index contributed by atoms with van der Waals surface area (Å²) in [5.74, 6) is 0.740. The lowest BCUT2D eigenvalue weighted by Crippen LogP contribution is -1.70. The van der Waals surface area contributed by atoms with Crippen molar-refractivity contribution in [3.63, 3.8) is 0 Å². The van der Waals surface area contributed by atoms with Crippen molar-refractivity contribution in [3.8, 4) is 6.07 Å². The second-order valence-electron chi connectivity index (χ2n) is 3.25. The van der Waals surface area contributed by atoms with Crippen LogP contribution < -0.4 is 0 Å². The second-order valence-corrected chi connectivity index (χ2v) is 4.16. The van der Waals surface area contributed by atoms with E-state index in [1.165, 1.54) is 6.08 Å². The van der Waals surface area contributed by atoms with Gasteiger partial charge in [0.15, 0.2) is 0 Å². The van der Waals surface area contributed by atoms with E-state index in [1.807, 2.05) is 37.3 Å². The molecule has 0 aliphatic heterocycles. The first-order valence-electron chi connectivity index (χ1n) is 4.46. The van der Waals surface area contributed by atoms with Gasteiger partial charge in [0.05, 0.1) is 6.07 Å². The Labute approximate surface area is 95.9 Å². The fourth-order valence-electron chi connectivity index (χ4n) is 1.38. The Hall–Kier alpha value is -1.53. The van der Waals surface area contributed by atoms with Gasteiger partial charge < -0.3 is 4.42 Å². The van der Waals surface area contributed by atoms with Gasteiger partial charge in [-0.25, -0.2) is 0 Å². The van der Waals surface area contributed by atoms with Gasteiger partial charge in [-0.3, -0.25) is 0 Å². The van der Waals surface area contributed by atoms with Gasteiger partial charge in [-0.2, -0.15) is 5.26 Å². The summed E-state index contributed by atoms with van der Waals surface area (Å²) in [7, 11) is 0. The van der Waals surface area contributed by atoms with Crippen molar-refractivity contribution in [1.82, 2.24) is 0 Å². The summed E-state index contributed by atoms with van der Waals surface area (Å²) in [6.45, 7) is 1.86. The van der Waals surface area contributed by atoms with E-state index < -0.39 is 0 Å². The minimum atomic E-state index is 0.740. The van der Waals surface area contributed by atoms with Crippen LogP contribution in [0.4, 0.5) is 0 Å². The Kier molecular flexibility index (Phi) is 2.61. The highest BCUT2D eigenvalue weighted by atomic mass is 79.9. The number of hydrogen-bond acceptors (Lipinski definition) is 2. The minimum absolute atomic E-state index is 0.740. The van der Waals surface area contributed by atoms with E-state index in [2.05, 4.69) is 15.9 Å². The van der Waals surface area contributed by atoms with Crippen LogP contribution >= 0.6 is 15.9 Å². The molecule has 1 aromatic heterocycles. The molecule has 2 aromatic rings. The Morgan fingerprint density at radius 1 is 1.47 bits per heavy atom. The van der Waals surface area contributed by atoms with Crippen LogP contribution in [0.15, 0.2) is 39.2 Å². The molecule has 0 saturated heterocycles. The predicted octanol–water partition coefficient (Wildman–Crippen LogP) is 4.12. The Bertz CT molecular complexity index is 575. The summed E-state index contributed by atoms with van der Waals surface area (Å²) in [5, 5.41) is 9.57. The van der Waals surface area contributed by atoms with Crippen LogP contribution in [-0.2, 0) is 0 Å². The van der Waals surface area contributed by atoms with Crippen molar-refractivity contribution < 1.29 is 4.42 Å². The van der Waals surface area contributed by atoms with Crippen molar-refractivity contribution in [2.75, 3.05) is 0 Å². The first kappa shape index (κ1) is 10.0. The highest BCUT2D eigenvalue weighted by molar-refractivity contribution is 9.10. The number of fused-ring (bicyclic) bond motifs is 1. The van der Waals surface area contributed by atoms with E-state index >= 15 is 0 Å². The summed E-state index contributed by atoms with van der Waals surface area (Å²) in [6.07, 6.45) is 1.48. The molecule has 2 rings (SSSR count). The van der Waals surface area contributed by atoms with Gasteiger partial charge in [0.1, 0.15) is 11.3 Å². The van der Waals surface area contributed by atoms with Gasteiger partial charge in [0.2, 0.25) is 0 Å². The molecule has 0 fully saturated rings. The number of allylic oxidation sites excluding steroid dienone is 2. The minimum Gasteiger partial charge on any atom is -0.456 e. The van der Waals surface area contributed by atoms with Gasteiger partial charge in [-0.15, -0.1) is 0 Å². The van der Waals surface area contributed by atoms with Crippen LogP contribution in [0, 0.1) is 11.3 Å². The molecule has 0 amide bonds. The van der Waals surface area contributed by atoms with Crippen LogP contribution in [-0.4, -0.2) is 0 Å². The van der Waals surface area contributed by atoms with Crippen LogP contribution in [0.1, 0.15) is 12.7 Å². The van der Waals surface area contributed by atoms with E-state index in [1.54, 1.807) is 0 Å². The van der Waals surface area contributed by atoms with E-state index in [0.29, 0.717) is 0 Å². The topological polar surface area (TPSA) is 36.9 Å². The SMILES string of the molecule is CC(=CC#N)c1cc2cc(Br)ccc2o1. The van der Waals surface area contributed by atoms with Crippen LogP contribution in [0.2, 0.25) is 0 Å². The molecular formula is C12H8BrNO. The average Bonchev–Trinajstić information content (AvgIpc) is 2.60. The van der Waals surface area contributed by atoms with Crippen LogP contribution in [0.25, 0.3) is 16.5 Å². The van der Waals surface area contributed by atoms with Gasteiger partial charge >= 0.3 is 0 Å². The maximum absolute atomic E-state index is 8.54. The zero-order valence-electron chi connectivity index (χ0n) is 8.12. The summed E-state index contributed by atoms with van der Waals surface area (Å²) < 4.78 is 6.61. The third-order valence-corrected chi connectivity index (χ3v) is 2.64. The number of hydrogen-bond donors (Lipinski definition) is 0. The molecule has 0 atom stereocenters. The fourth-order valence-corrected chi connectivity index (χ4v) is 1.76. The Morgan fingerprint density at radius 3 is 3.00 bits per heavy atom. The summed E-state index contributed by atoms with van der Waals surface area (Å²) in [5.41, 5.74) is 1.67. The smallest absolute Gasteiger partial charge is 0.134 e. The molecule has 15 heavy (non-hydrogen) atoms. The lowest BCUT2D eigenvalue weighted by molar-refractivity contribution is 0.599. The van der Waals surface area contributed by atoms with E-state index in [4.69, 9.17) is 9.68 Å². The standard InChI is InChI=1S/C12H8BrNO/c1-8(4-5-14)12-7-9-6-10(13)2-3-11(9)15-12/h2-4,6-7H,1H3. The summed E-state index contributed by atoms with van der Waals surface area (Å²) in [6, 6.07) is 9.75. The van der Waals surface area contributed by atoms with Crippen molar-refractivity contribution in [2.45, 2.75) is 6.92 Å². The second kappa shape index (κ2) is 3.92.